The number of nitrogens with zero attached hydrogens (tertiary/aromatic N) is 4. The minimum absolute atomic E-state index is 0.0865. The number of nitriles is 3. The van der Waals surface area contributed by atoms with Gasteiger partial charge in [0.2, 0.25) is 5.41 Å². The number of benzene rings is 1. The van der Waals surface area contributed by atoms with Gasteiger partial charge in [-0.3, -0.25) is 4.90 Å². The summed E-state index contributed by atoms with van der Waals surface area (Å²) in [5, 5.41) is 29.9. The van der Waals surface area contributed by atoms with E-state index in [0.717, 1.165) is 11.1 Å². The summed E-state index contributed by atoms with van der Waals surface area (Å²) in [6.45, 7) is 9.90. The molecular formula is C24H27N5. The average molecular weight is 386 g/mol. The van der Waals surface area contributed by atoms with Gasteiger partial charge in [-0.2, -0.15) is 15.8 Å². The maximum Gasteiger partial charge on any atom is 0.204 e. The quantitative estimate of drug-likeness (QED) is 0.794. The summed E-state index contributed by atoms with van der Waals surface area (Å²) in [7, 11) is 0. The van der Waals surface area contributed by atoms with E-state index in [9.17, 15) is 15.8 Å². The smallest absolute Gasteiger partial charge is 0.204 e. The van der Waals surface area contributed by atoms with Crippen molar-refractivity contribution in [2.45, 2.75) is 45.6 Å². The van der Waals surface area contributed by atoms with Gasteiger partial charge >= 0.3 is 0 Å². The first-order valence-corrected chi connectivity index (χ1v) is 10.1. The van der Waals surface area contributed by atoms with E-state index in [2.05, 4.69) is 75.1 Å². The van der Waals surface area contributed by atoms with Gasteiger partial charge in [0.05, 0.1) is 29.5 Å². The molecule has 0 saturated carbocycles. The Kier molecular flexibility index (Phi) is 5.52. The molecule has 0 spiro atoms. The molecule has 29 heavy (non-hydrogen) atoms. The molecule has 2 aliphatic rings. The van der Waals surface area contributed by atoms with Crippen LogP contribution in [-0.2, 0) is 0 Å². The topological polar surface area (TPSA) is 101 Å². The molecule has 0 fully saturated rings. The zero-order valence-electron chi connectivity index (χ0n) is 17.5. The van der Waals surface area contributed by atoms with Crippen LogP contribution < -0.4 is 5.73 Å². The molecule has 1 aromatic rings. The Labute approximate surface area is 173 Å². The fourth-order valence-corrected chi connectivity index (χ4v) is 4.55. The largest absolute Gasteiger partial charge is 0.399 e. The van der Waals surface area contributed by atoms with Crippen molar-refractivity contribution in [3.05, 3.63) is 58.3 Å². The monoisotopic (exact) mass is 385 g/mol. The molecule has 1 aliphatic heterocycles. The first-order chi connectivity index (χ1) is 13.8. The minimum Gasteiger partial charge on any atom is -0.399 e. The predicted octanol–water partition coefficient (Wildman–Crippen LogP) is 3.94. The highest BCUT2D eigenvalue weighted by Gasteiger charge is 2.52. The van der Waals surface area contributed by atoms with Crippen LogP contribution >= 0.6 is 0 Å². The maximum atomic E-state index is 9.98. The summed E-state index contributed by atoms with van der Waals surface area (Å²) in [5.41, 5.74) is 8.20. The van der Waals surface area contributed by atoms with Crippen molar-refractivity contribution < 1.29 is 0 Å². The Hall–Kier alpha value is -3.07. The highest BCUT2D eigenvalue weighted by Crippen LogP contribution is 2.52. The lowest BCUT2D eigenvalue weighted by atomic mass is 9.60. The molecular weight excluding hydrogens is 358 g/mol. The van der Waals surface area contributed by atoms with Gasteiger partial charge in [-0.15, -0.1) is 0 Å². The Balaban J connectivity index is 2.23. The van der Waals surface area contributed by atoms with E-state index in [-0.39, 0.29) is 17.5 Å². The Morgan fingerprint density at radius 3 is 2.17 bits per heavy atom. The zero-order chi connectivity index (χ0) is 21.3. The molecule has 0 unspecified atom stereocenters. The predicted molar refractivity (Wildman–Crippen MR) is 112 cm³/mol. The normalized spacial score (nSPS) is 23.8. The van der Waals surface area contributed by atoms with Gasteiger partial charge < -0.3 is 5.73 Å². The van der Waals surface area contributed by atoms with E-state index in [4.69, 9.17) is 5.73 Å². The summed E-state index contributed by atoms with van der Waals surface area (Å²) >= 11 is 0. The standard InChI is InChI=1S/C24H27N5/c1-15(2)17-5-7-18(8-6-17)22-19(11-25)23(28)24(13-26,14-27)21-9-10-29(16(3)4)12-20(21)22/h5-9,15-16,20,22H,10,12,28H2,1-4H3/t20-,22+/m1/s1. The van der Waals surface area contributed by atoms with Gasteiger partial charge in [-0.05, 0) is 36.5 Å². The molecule has 0 saturated heterocycles. The third-order valence-electron chi connectivity index (χ3n) is 6.37. The minimum atomic E-state index is -1.56. The van der Waals surface area contributed by atoms with E-state index in [0.29, 0.717) is 30.6 Å². The number of rotatable bonds is 3. The summed E-state index contributed by atoms with van der Waals surface area (Å²) in [4.78, 5) is 2.31. The van der Waals surface area contributed by atoms with Crippen molar-refractivity contribution in [3.8, 4) is 18.2 Å². The van der Waals surface area contributed by atoms with Gasteiger partial charge in [0.15, 0.2) is 0 Å². The third kappa shape index (κ3) is 3.21. The first-order valence-electron chi connectivity index (χ1n) is 10.1. The SMILES string of the molecule is CC(C)c1ccc([C@H]2C(C#N)=C(N)C(C#N)(C#N)C3=CCN(C(C)C)C[C@H]32)cc1. The molecule has 0 aromatic heterocycles. The van der Waals surface area contributed by atoms with Crippen LogP contribution in [0.2, 0.25) is 0 Å². The average Bonchev–Trinajstić information content (AvgIpc) is 2.73. The molecule has 0 amide bonds. The molecule has 148 valence electrons. The second-order valence-corrected chi connectivity index (χ2v) is 8.53. The Bertz CT molecular complexity index is 962. The summed E-state index contributed by atoms with van der Waals surface area (Å²) < 4.78 is 0. The van der Waals surface area contributed by atoms with Gasteiger partial charge in [0.1, 0.15) is 0 Å². The molecule has 2 N–H and O–H groups in total. The second kappa shape index (κ2) is 7.75. The molecule has 2 atom stereocenters. The van der Waals surface area contributed by atoms with Crippen LogP contribution in [0.4, 0.5) is 0 Å². The maximum absolute atomic E-state index is 9.98. The van der Waals surface area contributed by atoms with Gasteiger partial charge in [-0.1, -0.05) is 44.2 Å². The van der Waals surface area contributed by atoms with Crippen LogP contribution in [0.1, 0.15) is 50.7 Å². The Morgan fingerprint density at radius 1 is 1.07 bits per heavy atom. The van der Waals surface area contributed by atoms with E-state index in [1.54, 1.807) is 0 Å². The lowest BCUT2D eigenvalue weighted by molar-refractivity contribution is 0.186. The summed E-state index contributed by atoms with van der Waals surface area (Å²) in [5.74, 6) is 0.0130. The molecule has 0 radical (unpaired) electrons. The third-order valence-corrected chi connectivity index (χ3v) is 6.37. The first kappa shape index (κ1) is 20.7. The van der Waals surface area contributed by atoms with Crippen LogP contribution in [0, 0.1) is 45.3 Å². The lowest BCUT2D eigenvalue weighted by Gasteiger charge is -2.46. The van der Waals surface area contributed by atoms with Crippen molar-refractivity contribution in [2.24, 2.45) is 17.1 Å². The molecule has 1 heterocycles. The number of hydrogen-bond donors (Lipinski definition) is 1. The van der Waals surface area contributed by atoms with E-state index in [1.807, 2.05) is 6.08 Å². The van der Waals surface area contributed by atoms with Crippen LogP contribution in [0.5, 0.6) is 0 Å². The van der Waals surface area contributed by atoms with Crippen LogP contribution in [0.25, 0.3) is 0 Å². The fraction of sp³-hybridized carbons (Fsp3) is 0.458. The van der Waals surface area contributed by atoms with Gasteiger partial charge in [-0.25, -0.2) is 0 Å². The van der Waals surface area contributed by atoms with E-state index in [1.165, 1.54) is 5.56 Å². The molecule has 1 aliphatic carbocycles. The number of nitrogens with two attached hydrogens (primary N) is 1. The molecule has 0 bridgehead atoms. The van der Waals surface area contributed by atoms with Crippen molar-refractivity contribution in [1.29, 1.82) is 15.8 Å². The van der Waals surface area contributed by atoms with Crippen LogP contribution in [-0.4, -0.2) is 24.0 Å². The zero-order valence-corrected chi connectivity index (χ0v) is 17.5. The van der Waals surface area contributed by atoms with Crippen molar-refractivity contribution in [3.63, 3.8) is 0 Å². The molecule has 5 nitrogen and oxygen atoms in total. The fourth-order valence-electron chi connectivity index (χ4n) is 4.55. The number of allylic oxidation sites excluding steroid dienone is 2. The van der Waals surface area contributed by atoms with Crippen LogP contribution in [0.3, 0.4) is 0 Å². The van der Waals surface area contributed by atoms with E-state index >= 15 is 0 Å². The molecule has 1 aromatic carbocycles. The van der Waals surface area contributed by atoms with Gasteiger partial charge in [0.25, 0.3) is 0 Å². The lowest BCUT2D eigenvalue weighted by Crippen LogP contribution is -2.48. The summed E-state index contributed by atoms with van der Waals surface area (Å²) in [6, 6.07) is 15.1. The second-order valence-electron chi connectivity index (χ2n) is 8.53. The van der Waals surface area contributed by atoms with Crippen molar-refractivity contribution in [1.82, 2.24) is 4.90 Å². The van der Waals surface area contributed by atoms with Crippen molar-refractivity contribution in [2.75, 3.05) is 13.1 Å². The van der Waals surface area contributed by atoms with Crippen molar-refractivity contribution >= 4 is 0 Å². The number of fused-ring (bicyclic) bond motifs is 1. The molecule has 5 heteroatoms. The van der Waals surface area contributed by atoms with E-state index < -0.39 is 5.41 Å². The Morgan fingerprint density at radius 2 is 1.69 bits per heavy atom. The highest BCUT2D eigenvalue weighted by atomic mass is 15.2. The number of hydrogen-bond acceptors (Lipinski definition) is 5. The molecule has 3 rings (SSSR count). The summed E-state index contributed by atoms with van der Waals surface area (Å²) in [6.07, 6.45) is 1.98. The highest BCUT2D eigenvalue weighted by molar-refractivity contribution is 5.58. The van der Waals surface area contributed by atoms with Crippen LogP contribution in [0.15, 0.2) is 47.2 Å². The van der Waals surface area contributed by atoms with Gasteiger partial charge in [0, 0.05) is 31.0 Å².